The van der Waals surface area contributed by atoms with Crippen molar-refractivity contribution in [3.8, 4) is 5.88 Å². The van der Waals surface area contributed by atoms with Crippen LogP contribution in [0.2, 0.25) is 0 Å². The summed E-state index contributed by atoms with van der Waals surface area (Å²) in [6.07, 6.45) is 2.00. The van der Waals surface area contributed by atoms with Gasteiger partial charge in [-0.05, 0) is 51.3 Å². The number of aromatic nitrogens is 2. The van der Waals surface area contributed by atoms with E-state index in [1.54, 1.807) is 19.9 Å². The van der Waals surface area contributed by atoms with Crippen LogP contribution in [0, 0.1) is 6.92 Å². The molecule has 0 atom stereocenters. The number of ether oxygens (including phenoxy) is 1. The minimum atomic E-state index is -0.944. The van der Waals surface area contributed by atoms with Crippen molar-refractivity contribution in [2.24, 2.45) is 0 Å². The van der Waals surface area contributed by atoms with E-state index >= 15 is 0 Å². The zero-order valence-electron chi connectivity index (χ0n) is 18.8. The molecule has 0 amide bonds. The van der Waals surface area contributed by atoms with Crippen molar-refractivity contribution in [2.75, 3.05) is 35.8 Å². The summed E-state index contributed by atoms with van der Waals surface area (Å²) >= 11 is 0. The maximum Gasteiger partial charge on any atom is 0.228 e. The number of nitrogen functional groups attached to an aromatic ring is 1. The molecule has 1 heterocycles. The molecule has 0 bridgehead atoms. The van der Waals surface area contributed by atoms with Crippen LogP contribution in [0.3, 0.4) is 0 Å². The van der Waals surface area contributed by atoms with E-state index in [1.165, 1.54) is 0 Å². The van der Waals surface area contributed by atoms with Crippen molar-refractivity contribution in [3.05, 3.63) is 35.5 Å². The van der Waals surface area contributed by atoms with Gasteiger partial charge in [-0.1, -0.05) is 19.9 Å². The maximum atomic E-state index is 10.00. The first kappa shape index (κ1) is 23.7. The van der Waals surface area contributed by atoms with Gasteiger partial charge in [-0.15, -0.1) is 0 Å². The van der Waals surface area contributed by atoms with E-state index in [2.05, 4.69) is 34.6 Å². The van der Waals surface area contributed by atoms with Gasteiger partial charge in [0.15, 0.2) is 0 Å². The molecule has 0 unspecified atom stereocenters. The Bertz CT molecular complexity index is 801. The maximum absolute atomic E-state index is 10.00. The standard InChI is InChI=1S/C22H36N6O2/c1-6-10-28(11-7-2)21-25-17(13-20(26-21)30-15-22(4,5)29)14-24-27-19-12-16(3)8-9-18(19)23/h8-9,12-13,24,27,29H,6-7,10-11,14-15,23H2,1-5H3. The predicted octanol–water partition coefficient (Wildman–Crippen LogP) is 3.26. The SMILES string of the molecule is CCCN(CCC)c1nc(CNNc2cc(C)ccc2N)cc(OCC(C)(C)O)n1. The topological polar surface area (TPSA) is 109 Å². The van der Waals surface area contributed by atoms with Crippen LogP contribution in [0.4, 0.5) is 17.3 Å². The Balaban J connectivity index is 2.18. The summed E-state index contributed by atoms with van der Waals surface area (Å²) in [6.45, 7) is 12.0. The van der Waals surface area contributed by atoms with Crippen molar-refractivity contribution < 1.29 is 9.84 Å². The Morgan fingerprint density at radius 2 is 1.83 bits per heavy atom. The van der Waals surface area contributed by atoms with E-state index in [4.69, 9.17) is 15.5 Å². The number of nitrogens with one attached hydrogen (secondary N) is 2. The molecule has 2 rings (SSSR count). The second-order valence-electron chi connectivity index (χ2n) is 8.15. The van der Waals surface area contributed by atoms with Gasteiger partial charge in [0, 0.05) is 19.2 Å². The van der Waals surface area contributed by atoms with E-state index in [0.29, 0.717) is 24.1 Å². The van der Waals surface area contributed by atoms with Gasteiger partial charge < -0.3 is 25.9 Å². The number of nitrogens with zero attached hydrogens (tertiary/aromatic N) is 3. The minimum Gasteiger partial charge on any atom is -0.474 e. The Hall–Kier alpha value is -2.58. The zero-order chi connectivity index (χ0) is 22.1. The first-order valence-electron chi connectivity index (χ1n) is 10.5. The second-order valence-corrected chi connectivity index (χ2v) is 8.15. The smallest absolute Gasteiger partial charge is 0.228 e. The highest BCUT2D eigenvalue weighted by molar-refractivity contribution is 5.66. The Morgan fingerprint density at radius 1 is 1.13 bits per heavy atom. The van der Waals surface area contributed by atoms with Gasteiger partial charge in [0.25, 0.3) is 0 Å². The molecule has 1 aromatic carbocycles. The summed E-state index contributed by atoms with van der Waals surface area (Å²) in [5.41, 5.74) is 14.8. The fourth-order valence-electron chi connectivity index (χ4n) is 2.88. The van der Waals surface area contributed by atoms with Crippen molar-refractivity contribution >= 4 is 17.3 Å². The van der Waals surface area contributed by atoms with Gasteiger partial charge >= 0.3 is 0 Å². The van der Waals surface area contributed by atoms with E-state index < -0.39 is 5.60 Å². The third-order valence-corrected chi connectivity index (χ3v) is 4.29. The van der Waals surface area contributed by atoms with E-state index in [9.17, 15) is 5.11 Å². The van der Waals surface area contributed by atoms with Crippen LogP contribution in [-0.2, 0) is 6.54 Å². The quantitative estimate of drug-likeness (QED) is 0.308. The molecule has 8 nitrogen and oxygen atoms in total. The highest BCUT2D eigenvalue weighted by Gasteiger charge is 2.16. The van der Waals surface area contributed by atoms with Crippen LogP contribution in [0.5, 0.6) is 5.88 Å². The summed E-state index contributed by atoms with van der Waals surface area (Å²) in [4.78, 5) is 11.5. The van der Waals surface area contributed by atoms with Crippen LogP contribution >= 0.6 is 0 Å². The molecule has 166 valence electrons. The number of benzene rings is 1. The molecule has 0 saturated heterocycles. The molecule has 0 aliphatic heterocycles. The van der Waals surface area contributed by atoms with Gasteiger partial charge in [-0.2, -0.15) is 4.98 Å². The van der Waals surface area contributed by atoms with Gasteiger partial charge in [-0.25, -0.2) is 10.4 Å². The van der Waals surface area contributed by atoms with Gasteiger partial charge in [0.05, 0.1) is 29.2 Å². The average molecular weight is 417 g/mol. The lowest BCUT2D eigenvalue weighted by atomic mass is 10.2. The van der Waals surface area contributed by atoms with E-state index in [0.717, 1.165) is 42.9 Å². The highest BCUT2D eigenvalue weighted by Crippen LogP contribution is 2.20. The van der Waals surface area contributed by atoms with Crippen LogP contribution < -0.4 is 26.2 Å². The van der Waals surface area contributed by atoms with Crippen molar-refractivity contribution in [1.82, 2.24) is 15.4 Å². The number of nitrogens with two attached hydrogens (primary N) is 1. The zero-order valence-corrected chi connectivity index (χ0v) is 18.8. The molecule has 0 fully saturated rings. The van der Waals surface area contributed by atoms with Crippen molar-refractivity contribution in [3.63, 3.8) is 0 Å². The third-order valence-electron chi connectivity index (χ3n) is 4.29. The van der Waals surface area contributed by atoms with E-state index in [-0.39, 0.29) is 6.61 Å². The third kappa shape index (κ3) is 7.68. The largest absolute Gasteiger partial charge is 0.474 e. The molecule has 0 aliphatic rings. The minimum absolute atomic E-state index is 0.149. The number of aliphatic hydroxyl groups is 1. The van der Waals surface area contributed by atoms with Crippen LogP contribution in [0.1, 0.15) is 51.8 Å². The molecule has 0 aliphatic carbocycles. The summed E-state index contributed by atoms with van der Waals surface area (Å²) in [7, 11) is 0. The summed E-state index contributed by atoms with van der Waals surface area (Å²) in [5, 5.41) is 10.00. The summed E-state index contributed by atoms with van der Waals surface area (Å²) in [5.74, 6) is 1.09. The Labute approximate surface area is 179 Å². The fraction of sp³-hybridized carbons (Fsp3) is 0.545. The molecular formula is C22H36N6O2. The van der Waals surface area contributed by atoms with Gasteiger partial charge in [-0.3, -0.25) is 0 Å². The summed E-state index contributed by atoms with van der Waals surface area (Å²) < 4.78 is 5.76. The predicted molar refractivity (Wildman–Crippen MR) is 123 cm³/mol. The Morgan fingerprint density at radius 3 is 2.47 bits per heavy atom. The van der Waals surface area contributed by atoms with Crippen LogP contribution in [-0.4, -0.2) is 40.4 Å². The Kier molecular flexibility index (Phi) is 8.68. The molecule has 8 heteroatoms. The average Bonchev–Trinajstić information content (AvgIpc) is 2.68. The molecule has 30 heavy (non-hydrogen) atoms. The van der Waals surface area contributed by atoms with Gasteiger partial charge in [0.1, 0.15) is 6.61 Å². The number of rotatable bonds is 12. The number of anilines is 3. The number of hydrazine groups is 1. The monoisotopic (exact) mass is 416 g/mol. The number of aryl methyl sites for hydroxylation is 1. The molecule has 0 radical (unpaired) electrons. The molecule has 0 saturated carbocycles. The number of hydrogen-bond acceptors (Lipinski definition) is 8. The van der Waals surface area contributed by atoms with Crippen LogP contribution in [0.15, 0.2) is 24.3 Å². The lowest BCUT2D eigenvalue weighted by Gasteiger charge is -2.23. The molecular weight excluding hydrogens is 380 g/mol. The normalized spacial score (nSPS) is 11.4. The fourth-order valence-corrected chi connectivity index (χ4v) is 2.88. The van der Waals surface area contributed by atoms with Crippen molar-refractivity contribution in [1.29, 1.82) is 0 Å². The van der Waals surface area contributed by atoms with Crippen molar-refractivity contribution in [2.45, 2.75) is 59.6 Å². The lowest BCUT2D eigenvalue weighted by molar-refractivity contribution is 0.0268. The highest BCUT2D eigenvalue weighted by atomic mass is 16.5. The molecule has 5 N–H and O–H groups in total. The molecule has 0 spiro atoms. The van der Waals surface area contributed by atoms with Crippen LogP contribution in [0.25, 0.3) is 0 Å². The second kappa shape index (κ2) is 11.0. The van der Waals surface area contributed by atoms with E-state index in [1.807, 2.05) is 25.1 Å². The number of hydrogen-bond donors (Lipinski definition) is 4. The molecule has 1 aromatic heterocycles. The first-order chi connectivity index (χ1) is 14.2. The van der Waals surface area contributed by atoms with Gasteiger partial charge in [0.2, 0.25) is 11.8 Å². The first-order valence-corrected chi connectivity index (χ1v) is 10.5. The lowest BCUT2D eigenvalue weighted by Crippen LogP contribution is -2.30. The summed E-state index contributed by atoms with van der Waals surface area (Å²) in [6, 6.07) is 7.62. The molecule has 2 aromatic rings.